The van der Waals surface area contributed by atoms with E-state index in [2.05, 4.69) is 3.48 Å². The Hall–Kier alpha value is 0.589. The molecule has 4 nitrogen and oxygen atoms in total. The number of hydrogen-bond donors (Lipinski definition) is 3. The Labute approximate surface area is 44.2 Å². The molecule has 0 aromatic heterocycles. The van der Waals surface area contributed by atoms with E-state index < -0.39 is 9.05 Å². The number of rotatable bonds is 1. The summed E-state index contributed by atoms with van der Waals surface area (Å²) in [6, 6.07) is 0. The van der Waals surface area contributed by atoms with E-state index in [0.717, 1.165) is 0 Å². The highest BCUT2D eigenvalue weighted by molar-refractivity contribution is 6.52. The van der Waals surface area contributed by atoms with Gasteiger partial charge in [-0.2, -0.15) is 0 Å². The van der Waals surface area contributed by atoms with E-state index in [0.29, 0.717) is 0 Å². The van der Waals surface area contributed by atoms with Crippen LogP contribution in [0.25, 0.3) is 0 Å². The lowest BCUT2D eigenvalue weighted by molar-refractivity contribution is 0.134. The molecule has 0 aliphatic carbocycles. The van der Waals surface area contributed by atoms with Crippen LogP contribution in [0.5, 0.6) is 0 Å². The van der Waals surface area contributed by atoms with E-state index in [1.165, 1.54) is 16.6 Å². The van der Waals surface area contributed by atoms with E-state index in [1.54, 1.807) is 0 Å². The quantitative estimate of drug-likeness (QED) is 0.336. The van der Waals surface area contributed by atoms with Gasteiger partial charge in [0.2, 0.25) is 0 Å². The minimum atomic E-state index is -4.17. The van der Waals surface area contributed by atoms with Gasteiger partial charge in [0, 0.05) is 0 Å². The van der Waals surface area contributed by atoms with Crippen LogP contribution in [0.4, 0.5) is 0 Å². The monoisotopic (exact) mass is 122 g/mol. The highest BCUT2D eigenvalue weighted by Gasteiger charge is 2.18. The van der Waals surface area contributed by atoms with Gasteiger partial charge in [0.15, 0.2) is 0 Å². The zero-order valence-corrected chi connectivity index (χ0v) is 4.98. The van der Waals surface area contributed by atoms with Crippen LogP contribution >= 0.6 is 0 Å². The van der Waals surface area contributed by atoms with Crippen LogP contribution in [0.3, 0.4) is 0 Å². The van der Waals surface area contributed by atoms with E-state index in [4.69, 9.17) is 14.4 Å². The van der Waals surface area contributed by atoms with Crippen molar-refractivity contribution in [2.24, 2.45) is 0 Å². The molecule has 3 N–H and O–H groups in total. The maximum absolute atomic E-state index is 7.83. The normalized spacial score (nSPS) is 12.0. The molecule has 0 aliphatic heterocycles. The van der Waals surface area contributed by atoms with Gasteiger partial charge in [-0.1, -0.05) is 0 Å². The minimum absolute atomic E-state index is 1.54. The Morgan fingerprint density at radius 3 is 1.50 bits per heavy atom. The zero-order valence-electron chi connectivity index (χ0n) is 2.83. The SMILES string of the molecule is O[Si](O)(O)[O][Al-]. The molecule has 0 amide bonds. The Kier molecular flexibility index (Phi) is 2.24. The van der Waals surface area contributed by atoms with Gasteiger partial charge in [-0.05, 0) is 0 Å². The predicted molar refractivity (Wildman–Crippen MR) is 19.2 cm³/mol. The molecule has 0 saturated carbocycles. The second kappa shape index (κ2) is 2.04. The van der Waals surface area contributed by atoms with Crippen LogP contribution in [-0.4, -0.2) is 40.1 Å². The summed E-state index contributed by atoms with van der Waals surface area (Å²) >= 11 is 1.54. The van der Waals surface area contributed by atoms with Gasteiger partial charge in [0.05, 0.1) is 0 Å². The third kappa shape index (κ3) is 4.59. The topological polar surface area (TPSA) is 69.9 Å². The average Bonchev–Trinajstić information content (AvgIpc) is 1.35. The lowest BCUT2D eigenvalue weighted by atomic mass is 15.7. The summed E-state index contributed by atoms with van der Waals surface area (Å²) in [5, 5.41) is 0. The van der Waals surface area contributed by atoms with Crippen LogP contribution in [-0.2, 0) is 3.48 Å². The molecule has 0 aliphatic rings. The van der Waals surface area contributed by atoms with Gasteiger partial charge < -0.3 is 34.5 Å². The molecule has 0 atom stereocenters. The van der Waals surface area contributed by atoms with Crippen molar-refractivity contribution < 1.29 is 17.9 Å². The van der Waals surface area contributed by atoms with Crippen molar-refractivity contribution in [2.45, 2.75) is 0 Å². The predicted octanol–water partition coefficient (Wildman–Crippen LogP) is -2.50. The van der Waals surface area contributed by atoms with Gasteiger partial charge in [0.25, 0.3) is 0 Å². The molecule has 0 aromatic rings. The third-order valence-corrected chi connectivity index (χ3v) is 1.42. The summed E-state index contributed by atoms with van der Waals surface area (Å²) in [4.78, 5) is 23.5. The second-order valence-electron chi connectivity index (χ2n) is 0.692. The summed E-state index contributed by atoms with van der Waals surface area (Å²) in [5.41, 5.74) is 0. The number of hydrogen-bond acceptors (Lipinski definition) is 4. The first kappa shape index (κ1) is 6.59. The molecule has 6 heavy (non-hydrogen) atoms. The fourth-order valence-electron chi connectivity index (χ4n) is 0. The standard InChI is InChI=1S/Al.H3O4Si/c;1-5(2,3)4/h;1-3H/q;-1. The highest BCUT2D eigenvalue weighted by Crippen LogP contribution is 1.79. The van der Waals surface area contributed by atoms with Crippen molar-refractivity contribution in [2.75, 3.05) is 0 Å². The zero-order chi connectivity index (χ0) is 5.21. The lowest BCUT2D eigenvalue weighted by Crippen LogP contribution is -2.37. The molecule has 0 rings (SSSR count). The first-order valence-corrected chi connectivity index (χ1v) is 3.33. The molecule has 0 heterocycles. The van der Waals surface area contributed by atoms with E-state index in [1.807, 2.05) is 0 Å². The van der Waals surface area contributed by atoms with Crippen LogP contribution < -0.4 is 0 Å². The van der Waals surface area contributed by atoms with Crippen molar-refractivity contribution in [1.29, 1.82) is 0 Å². The molecular formula is H3AlO4Si-. The smallest absolute Gasteiger partial charge is 0.604 e. The molecular weight excluding hydrogens is 119 g/mol. The molecule has 3 radical (unpaired) electrons. The van der Waals surface area contributed by atoms with Crippen LogP contribution in [0.1, 0.15) is 0 Å². The Morgan fingerprint density at radius 2 is 1.50 bits per heavy atom. The third-order valence-electron chi connectivity index (χ3n) is 0.158. The van der Waals surface area contributed by atoms with Crippen LogP contribution in [0.15, 0.2) is 0 Å². The lowest BCUT2D eigenvalue weighted by Gasteiger charge is -2.18. The highest BCUT2D eigenvalue weighted by atomic mass is 28.4. The van der Waals surface area contributed by atoms with Crippen molar-refractivity contribution in [3.8, 4) is 0 Å². The first-order valence-electron chi connectivity index (χ1n) is 1.11. The molecule has 6 heteroatoms. The fourth-order valence-corrected chi connectivity index (χ4v) is 0. The van der Waals surface area contributed by atoms with Gasteiger partial charge in [-0.25, -0.2) is 0 Å². The molecule has 0 unspecified atom stereocenters. The molecule has 0 aromatic carbocycles. The van der Waals surface area contributed by atoms with Gasteiger partial charge in [0.1, 0.15) is 0 Å². The minimum Gasteiger partial charge on any atom is -0.734 e. The second-order valence-corrected chi connectivity index (χ2v) is 2.78. The van der Waals surface area contributed by atoms with E-state index in [-0.39, 0.29) is 0 Å². The summed E-state index contributed by atoms with van der Waals surface area (Å²) in [7, 11) is -4.17. The Balaban J connectivity index is 3.17. The summed E-state index contributed by atoms with van der Waals surface area (Å²) < 4.78 is 3.66. The van der Waals surface area contributed by atoms with Crippen molar-refractivity contribution >= 4 is 25.7 Å². The van der Waals surface area contributed by atoms with E-state index in [9.17, 15) is 0 Å². The molecule has 0 bridgehead atoms. The molecule has 0 saturated heterocycles. The maximum atomic E-state index is 7.83. The van der Waals surface area contributed by atoms with Gasteiger partial charge >= 0.3 is 9.05 Å². The molecule has 35 valence electrons. The van der Waals surface area contributed by atoms with E-state index >= 15 is 0 Å². The van der Waals surface area contributed by atoms with Gasteiger partial charge in [-0.15, -0.1) is 0 Å². The summed E-state index contributed by atoms with van der Waals surface area (Å²) in [6.45, 7) is 0. The Bertz CT molecular complexity index is 37.3. The maximum Gasteiger partial charge on any atom is 0.604 e. The van der Waals surface area contributed by atoms with Crippen LogP contribution in [0.2, 0.25) is 0 Å². The van der Waals surface area contributed by atoms with Crippen molar-refractivity contribution in [3.63, 3.8) is 0 Å². The molecule has 0 spiro atoms. The average molecular weight is 122 g/mol. The van der Waals surface area contributed by atoms with Crippen molar-refractivity contribution in [3.05, 3.63) is 0 Å². The first-order chi connectivity index (χ1) is 2.56. The summed E-state index contributed by atoms with van der Waals surface area (Å²) in [6.07, 6.45) is 0. The largest absolute Gasteiger partial charge is 0.734 e. The molecule has 0 fully saturated rings. The fraction of sp³-hybridized carbons (Fsp3) is 0. The van der Waals surface area contributed by atoms with Crippen LogP contribution in [0, 0.1) is 0 Å². The van der Waals surface area contributed by atoms with Gasteiger partial charge in [-0.3, -0.25) is 0 Å². The Morgan fingerprint density at radius 1 is 1.33 bits per heavy atom. The summed E-state index contributed by atoms with van der Waals surface area (Å²) in [5.74, 6) is 0. The van der Waals surface area contributed by atoms with Crippen molar-refractivity contribution in [1.82, 2.24) is 0 Å².